The molecule has 1 aromatic heterocycles. The first-order valence-corrected chi connectivity index (χ1v) is 7.35. The van der Waals surface area contributed by atoms with Crippen molar-refractivity contribution in [3.63, 3.8) is 0 Å². The van der Waals surface area contributed by atoms with E-state index >= 15 is 0 Å². The highest BCUT2D eigenvalue weighted by Gasteiger charge is 2.21. The Morgan fingerprint density at radius 1 is 1.43 bits per heavy atom. The van der Waals surface area contributed by atoms with Crippen LogP contribution in [-0.2, 0) is 7.05 Å². The molecule has 0 saturated heterocycles. The number of aryl methyl sites for hydroxylation is 1. The van der Waals surface area contributed by atoms with Gasteiger partial charge in [-0.15, -0.1) is 0 Å². The summed E-state index contributed by atoms with van der Waals surface area (Å²) < 4.78 is 7.39. The number of hydrogen-bond donors (Lipinski definition) is 0. The summed E-state index contributed by atoms with van der Waals surface area (Å²) in [5, 5.41) is 10.7. The Hall–Kier alpha value is -1.99. The lowest BCUT2D eigenvalue weighted by atomic mass is 10.1. The molecule has 0 bridgehead atoms. The van der Waals surface area contributed by atoms with Crippen LogP contribution in [0.1, 0.15) is 31.4 Å². The van der Waals surface area contributed by atoms with Gasteiger partial charge in [0.1, 0.15) is 11.8 Å². The summed E-state index contributed by atoms with van der Waals surface area (Å²) >= 11 is 0. The van der Waals surface area contributed by atoms with E-state index in [1.165, 1.54) is 0 Å². The van der Waals surface area contributed by atoms with Crippen LogP contribution in [0.5, 0.6) is 5.75 Å². The Bertz CT molecular complexity index is 654. The molecule has 0 radical (unpaired) electrons. The molecule has 2 aromatic rings. The van der Waals surface area contributed by atoms with Gasteiger partial charge in [0.05, 0.1) is 13.2 Å². The Labute approximate surface area is 126 Å². The minimum Gasteiger partial charge on any atom is -0.497 e. The average molecular weight is 285 g/mol. The predicted molar refractivity (Wildman–Crippen MR) is 85.4 cm³/mol. The van der Waals surface area contributed by atoms with E-state index in [2.05, 4.69) is 28.7 Å². The second kappa shape index (κ2) is 6.64. The smallest absolute Gasteiger partial charge is 0.125 e. The molecule has 21 heavy (non-hydrogen) atoms. The SMILES string of the molecule is CCCCN(C)C(C#N)c1cn(C)c2ccc(OC)cc12. The maximum Gasteiger partial charge on any atom is 0.125 e. The Morgan fingerprint density at radius 3 is 2.81 bits per heavy atom. The third-order valence-electron chi connectivity index (χ3n) is 3.95. The molecule has 1 heterocycles. The van der Waals surface area contributed by atoms with E-state index in [1.54, 1.807) is 7.11 Å². The van der Waals surface area contributed by atoms with Gasteiger partial charge in [0.15, 0.2) is 0 Å². The van der Waals surface area contributed by atoms with Crippen molar-refractivity contribution < 1.29 is 4.74 Å². The van der Waals surface area contributed by atoms with E-state index in [1.807, 2.05) is 32.3 Å². The van der Waals surface area contributed by atoms with Gasteiger partial charge < -0.3 is 9.30 Å². The summed E-state index contributed by atoms with van der Waals surface area (Å²) in [6, 6.07) is 8.22. The molecule has 4 heteroatoms. The largest absolute Gasteiger partial charge is 0.497 e. The van der Waals surface area contributed by atoms with Crippen LogP contribution in [0.4, 0.5) is 0 Å². The fraction of sp³-hybridized carbons (Fsp3) is 0.471. The van der Waals surface area contributed by atoms with Gasteiger partial charge in [-0.25, -0.2) is 0 Å². The van der Waals surface area contributed by atoms with Gasteiger partial charge in [-0.2, -0.15) is 5.26 Å². The highest BCUT2D eigenvalue weighted by Crippen LogP contribution is 2.31. The van der Waals surface area contributed by atoms with Crippen molar-refractivity contribution in [2.75, 3.05) is 20.7 Å². The zero-order chi connectivity index (χ0) is 15.4. The molecule has 2 rings (SSSR count). The van der Waals surface area contributed by atoms with Crippen LogP contribution in [0, 0.1) is 11.3 Å². The van der Waals surface area contributed by atoms with E-state index in [9.17, 15) is 5.26 Å². The zero-order valence-electron chi connectivity index (χ0n) is 13.3. The third-order valence-corrected chi connectivity index (χ3v) is 3.95. The van der Waals surface area contributed by atoms with Gasteiger partial charge in [0, 0.05) is 29.7 Å². The molecule has 112 valence electrons. The van der Waals surface area contributed by atoms with Crippen molar-refractivity contribution in [3.05, 3.63) is 30.0 Å². The van der Waals surface area contributed by atoms with Gasteiger partial charge >= 0.3 is 0 Å². The van der Waals surface area contributed by atoms with Crippen LogP contribution in [-0.4, -0.2) is 30.2 Å². The minimum atomic E-state index is -0.229. The number of ether oxygens (including phenoxy) is 1. The van der Waals surface area contributed by atoms with E-state index in [0.29, 0.717) is 0 Å². The maximum absolute atomic E-state index is 9.61. The van der Waals surface area contributed by atoms with Crippen molar-refractivity contribution in [1.82, 2.24) is 9.47 Å². The first-order chi connectivity index (χ1) is 10.1. The van der Waals surface area contributed by atoms with Crippen LogP contribution in [0.3, 0.4) is 0 Å². The normalized spacial score (nSPS) is 12.6. The first kappa shape index (κ1) is 15.4. The number of benzene rings is 1. The molecule has 1 atom stereocenters. The van der Waals surface area contributed by atoms with Crippen molar-refractivity contribution in [2.45, 2.75) is 25.8 Å². The van der Waals surface area contributed by atoms with E-state index in [-0.39, 0.29) is 6.04 Å². The number of fused-ring (bicyclic) bond motifs is 1. The fourth-order valence-corrected chi connectivity index (χ4v) is 2.69. The molecule has 1 unspecified atom stereocenters. The highest BCUT2D eigenvalue weighted by molar-refractivity contribution is 5.86. The molecular formula is C17H23N3O. The summed E-state index contributed by atoms with van der Waals surface area (Å²) in [7, 11) is 5.69. The van der Waals surface area contributed by atoms with Crippen LogP contribution in [0.15, 0.2) is 24.4 Å². The molecule has 0 aliphatic carbocycles. The maximum atomic E-state index is 9.61. The summed E-state index contributed by atoms with van der Waals surface area (Å²) in [6.07, 6.45) is 4.29. The van der Waals surface area contributed by atoms with Crippen LogP contribution in [0.2, 0.25) is 0 Å². The molecule has 0 aliphatic heterocycles. The second-order valence-corrected chi connectivity index (χ2v) is 5.44. The topological polar surface area (TPSA) is 41.2 Å². The second-order valence-electron chi connectivity index (χ2n) is 5.44. The molecule has 0 fully saturated rings. The van der Waals surface area contributed by atoms with Crippen molar-refractivity contribution in [1.29, 1.82) is 5.26 Å². The molecule has 0 amide bonds. The lowest BCUT2D eigenvalue weighted by Gasteiger charge is -2.22. The lowest BCUT2D eigenvalue weighted by molar-refractivity contribution is 0.287. The van der Waals surface area contributed by atoms with Crippen LogP contribution >= 0.6 is 0 Å². The molecule has 0 N–H and O–H groups in total. The monoisotopic (exact) mass is 285 g/mol. The number of unbranched alkanes of at least 4 members (excludes halogenated alkanes) is 1. The minimum absolute atomic E-state index is 0.229. The molecule has 0 aliphatic rings. The van der Waals surface area contributed by atoms with Crippen molar-refractivity contribution in [2.24, 2.45) is 7.05 Å². The van der Waals surface area contributed by atoms with Crippen LogP contribution < -0.4 is 4.74 Å². The van der Waals surface area contributed by atoms with Gasteiger partial charge in [-0.3, -0.25) is 4.90 Å². The first-order valence-electron chi connectivity index (χ1n) is 7.35. The molecular weight excluding hydrogens is 262 g/mol. The molecule has 1 aromatic carbocycles. The standard InChI is InChI=1S/C17H23N3O/c1-5-6-9-19(2)17(11-18)15-12-20(3)16-8-7-13(21-4)10-14(15)16/h7-8,10,12,17H,5-6,9H2,1-4H3. The Kier molecular flexibility index (Phi) is 4.87. The zero-order valence-corrected chi connectivity index (χ0v) is 13.3. The number of aromatic nitrogens is 1. The Morgan fingerprint density at radius 2 is 2.19 bits per heavy atom. The van der Waals surface area contributed by atoms with Crippen LogP contribution in [0.25, 0.3) is 10.9 Å². The van der Waals surface area contributed by atoms with Crippen molar-refractivity contribution in [3.8, 4) is 11.8 Å². The number of rotatable bonds is 6. The highest BCUT2D eigenvalue weighted by atomic mass is 16.5. The van der Waals surface area contributed by atoms with Crippen molar-refractivity contribution >= 4 is 10.9 Å². The number of nitriles is 1. The van der Waals surface area contributed by atoms with Gasteiger partial charge in [-0.1, -0.05) is 13.3 Å². The van der Waals surface area contributed by atoms with Gasteiger partial charge in [0.2, 0.25) is 0 Å². The summed E-state index contributed by atoms with van der Waals surface area (Å²) in [6.45, 7) is 3.09. The quantitative estimate of drug-likeness (QED) is 0.816. The average Bonchev–Trinajstić information content (AvgIpc) is 2.82. The molecule has 4 nitrogen and oxygen atoms in total. The fourth-order valence-electron chi connectivity index (χ4n) is 2.69. The number of methoxy groups -OCH3 is 1. The number of hydrogen-bond acceptors (Lipinski definition) is 3. The number of nitrogens with zero attached hydrogens (tertiary/aromatic N) is 3. The Balaban J connectivity index is 2.46. The summed E-state index contributed by atoms with van der Waals surface area (Å²) in [4.78, 5) is 2.12. The summed E-state index contributed by atoms with van der Waals surface area (Å²) in [5.41, 5.74) is 2.17. The predicted octanol–water partition coefficient (Wildman–Crippen LogP) is 3.48. The van der Waals surface area contributed by atoms with E-state index in [0.717, 1.165) is 41.6 Å². The molecule has 0 spiro atoms. The third kappa shape index (κ3) is 3.03. The van der Waals surface area contributed by atoms with Gasteiger partial charge in [0.25, 0.3) is 0 Å². The summed E-state index contributed by atoms with van der Waals surface area (Å²) in [5.74, 6) is 0.822. The molecule has 0 saturated carbocycles. The van der Waals surface area contributed by atoms with E-state index < -0.39 is 0 Å². The lowest BCUT2D eigenvalue weighted by Crippen LogP contribution is -2.24. The van der Waals surface area contributed by atoms with E-state index in [4.69, 9.17) is 4.74 Å². The van der Waals surface area contributed by atoms with Gasteiger partial charge in [-0.05, 0) is 38.2 Å².